The molecule has 1 aliphatic heterocycles. The quantitative estimate of drug-likeness (QED) is 0.567. The van der Waals surface area contributed by atoms with Crippen molar-refractivity contribution in [2.45, 2.75) is 32.4 Å². The van der Waals surface area contributed by atoms with E-state index in [4.69, 9.17) is 14.1 Å². The minimum absolute atomic E-state index is 0.00786. The van der Waals surface area contributed by atoms with Gasteiger partial charge in [0.25, 0.3) is 0 Å². The molecule has 0 N–H and O–H groups in total. The maximum absolute atomic E-state index is 12.1. The summed E-state index contributed by atoms with van der Waals surface area (Å²) >= 11 is 0. The Hall–Kier alpha value is -2.66. The standard InChI is InChI=1S/C22H26N2O3/c1-16(2)19(15-26-3)23-22(17-8-5-4-6-9-17)24-12-11-18(25)14-20(24)21-10-7-13-27-21/h4-13,16,19-20H,14-15H2,1-3H3/t19-,20+/m1/s1. The van der Waals surface area contributed by atoms with Crippen LogP contribution >= 0.6 is 0 Å². The molecule has 0 fully saturated rings. The Labute approximate surface area is 160 Å². The molecule has 0 amide bonds. The number of carbonyl (C=O) groups excluding carboxylic acids is 1. The number of ketones is 1. The average Bonchev–Trinajstić information content (AvgIpc) is 3.20. The zero-order chi connectivity index (χ0) is 19.2. The fraction of sp³-hybridized carbons (Fsp3) is 0.364. The number of amidine groups is 1. The van der Waals surface area contributed by atoms with Crippen molar-refractivity contribution in [3.8, 4) is 0 Å². The molecule has 0 spiro atoms. The second-order valence-electron chi connectivity index (χ2n) is 7.01. The molecule has 0 unspecified atom stereocenters. The lowest BCUT2D eigenvalue weighted by Crippen LogP contribution is -2.36. The fourth-order valence-electron chi connectivity index (χ4n) is 3.15. The normalized spacial score (nSPS) is 19.0. The van der Waals surface area contributed by atoms with Gasteiger partial charge in [-0.2, -0.15) is 0 Å². The molecule has 2 heterocycles. The molecule has 0 saturated heterocycles. The molecule has 142 valence electrons. The first kappa shape index (κ1) is 19.1. The molecule has 5 nitrogen and oxygen atoms in total. The molecule has 0 aliphatic carbocycles. The van der Waals surface area contributed by atoms with Crippen LogP contribution in [0, 0.1) is 5.92 Å². The average molecular weight is 366 g/mol. The maximum Gasteiger partial charge on any atom is 0.159 e. The summed E-state index contributed by atoms with van der Waals surface area (Å²) in [6, 6.07) is 13.6. The van der Waals surface area contributed by atoms with Gasteiger partial charge in [-0.15, -0.1) is 0 Å². The molecule has 0 radical (unpaired) electrons. The van der Waals surface area contributed by atoms with Gasteiger partial charge in [-0.3, -0.25) is 9.79 Å². The number of hydrogen-bond donors (Lipinski definition) is 0. The molecular weight excluding hydrogens is 340 g/mol. The summed E-state index contributed by atoms with van der Waals surface area (Å²) < 4.78 is 11.0. The minimum atomic E-state index is -0.216. The molecule has 1 aromatic carbocycles. The third-order valence-electron chi connectivity index (χ3n) is 4.69. The number of ether oxygens (including phenoxy) is 1. The van der Waals surface area contributed by atoms with Gasteiger partial charge in [-0.1, -0.05) is 44.2 Å². The highest BCUT2D eigenvalue weighted by Gasteiger charge is 2.30. The second-order valence-corrected chi connectivity index (χ2v) is 7.01. The number of furan rings is 1. The molecule has 2 aromatic rings. The smallest absolute Gasteiger partial charge is 0.159 e. The molecule has 0 bridgehead atoms. The first-order valence-electron chi connectivity index (χ1n) is 9.25. The molecule has 27 heavy (non-hydrogen) atoms. The van der Waals surface area contributed by atoms with Crippen LogP contribution in [0.1, 0.15) is 37.6 Å². The van der Waals surface area contributed by atoms with Crippen molar-refractivity contribution >= 4 is 11.6 Å². The molecule has 5 heteroatoms. The van der Waals surface area contributed by atoms with Gasteiger partial charge in [0.1, 0.15) is 17.6 Å². The van der Waals surface area contributed by atoms with Crippen LogP contribution in [0.3, 0.4) is 0 Å². The predicted octanol–water partition coefficient (Wildman–Crippen LogP) is 4.23. The zero-order valence-electron chi connectivity index (χ0n) is 16.0. The molecular formula is C22H26N2O3. The Kier molecular flexibility index (Phi) is 6.24. The van der Waals surface area contributed by atoms with Crippen LogP contribution < -0.4 is 0 Å². The van der Waals surface area contributed by atoms with Crippen molar-refractivity contribution in [1.82, 2.24) is 4.90 Å². The van der Waals surface area contributed by atoms with Crippen molar-refractivity contribution < 1.29 is 13.9 Å². The molecule has 3 rings (SSSR count). The van der Waals surface area contributed by atoms with E-state index >= 15 is 0 Å². The molecule has 1 aromatic heterocycles. The van der Waals surface area contributed by atoms with Gasteiger partial charge in [-0.05, 0) is 24.1 Å². The number of hydrogen-bond acceptors (Lipinski definition) is 4. The first-order valence-corrected chi connectivity index (χ1v) is 9.25. The van der Waals surface area contributed by atoms with Crippen molar-refractivity contribution in [3.05, 3.63) is 72.3 Å². The minimum Gasteiger partial charge on any atom is -0.467 e. The van der Waals surface area contributed by atoms with E-state index in [1.165, 1.54) is 0 Å². The van der Waals surface area contributed by atoms with Gasteiger partial charge in [-0.25, -0.2) is 0 Å². The first-order chi connectivity index (χ1) is 13.1. The lowest BCUT2D eigenvalue weighted by Gasteiger charge is -2.33. The highest BCUT2D eigenvalue weighted by atomic mass is 16.5. The monoisotopic (exact) mass is 366 g/mol. The van der Waals surface area contributed by atoms with Crippen molar-refractivity contribution in [2.24, 2.45) is 10.9 Å². The van der Waals surface area contributed by atoms with Crippen LogP contribution in [-0.2, 0) is 9.53 Å². The van der Waals surface area contributed by atoms with E-state index < -0.39 is 0 Å². The van der Waals surface area contributed by atoms with Crippen molar-refractivity contribution in [1.29, 1.82) is 0 Å². The summed E-state index contributed by atoms with van der Waals surface area (Å²) in [6.45, 7) is 4.81. The summed E-state index contributed by atoms with van der Waals surface area (Å²) in [5.41, 5.74) is 0.995. The summed E-state index contributed by atoms with van der Waals surface area (Å²) in [6.07, 6.45) is 5.41. The summed E-state index contributed by atoms with van der Waals surface area (Å²) in [7, 11) is 1.69. The van der Waals surface area contributed by atoms with Gasteiger partial charge < -0.3 is 14.1 Å². The number of rotatable bonds is 6. The molecule has 1 aliphatic rings. The summed E-state index contributed by atoms with van der Waals surface area (Å²) in [5.74, 6) is 1.97. The van der Waals surface area contributed by atoms with Crippen LogP contribution in [0.25, 0.3) is 0 Å². The summed E-state index contributed by atoms with van der Waals surface area (Å²) in [5, 5.41) is 0. The highest BCUT2D eigenvalue weighted by Crippen LogP contribution is 2.31. The SMILES string of the molecule is COC[C@@H](N=C(c1ccccc1)N1C=CC(=O)C[C@H]1c1ccco1)C(C)C. The van der Waals surface area contributed by atoms with Gasteiger partial charge in [0, 0.05) is 25.3 Å². The number of methoxy groups -OCH3 is 1. The third-order valence-corrected chi connectivity index (χ3v) is 4.69. The van der Waals surface area contributed by atoms with Crippen molar-refractivity contribution in [2.75, 3.05) is 13.7 Å². The number of allylic oxidation sites excluding steroid dienone is 1. The molecule has 2 atom stereocenters. The van der Waals surface area contributed by atoms with E-state index in [1.54, 1.807) is 19.4 Å². The largest absolute Gasteiger partial charge is 0.467 e. The van der Waals surface area contributed by atoms with E-state index in [0.717, 1.165) is 17.2 Å². The number of carbonyl (C=O) groups is 1. The lowest BCUT2D eigenvalue weighted by atomic mass is 10.0. The van der Waals surface area contributed by atoms with Gasteiger partial charge in [0.05, 0.1) is 18.9 Å². The van der Waals surface area contributed by atoms with E-state index in [0.29, 0.717) is 18.9 Å². The van der Waals surface area contributed by atoms with Crippen molar-refractivity contribution in [3.63, 3.8) is 0 Å². The number of aliphatic imine (C=N–C) groups is 1. The molecule has 0 saturated carbocycles. The number of benzene rings is 1. The Balaban J connectivity index is 2.08. The van der Waals surface area contributed by atoms with Crippen LogP contribution in [0.15, 0.2) is 70.4 Å². The summed E-state index contributed by atoms with van der Waals surface area (Å²) in [4.78, 5) is 19.2. The van der Waals surface area contributed by atoms with Crippen LogP contribution in [0.5, 0.6) is 0 Å². The zero-order valence-corrected chi connectivity index (χ0v) is 16.0. The second kappa shape index (κ2) is 8.82. The Morgan fingerprint density at radius 1 is 1.26 bits per heavy atom. The predicted molar refractivity (Wildman–Crippen MR) is 106 cm³/mol. The topological polar surface area (TPSA) is 55.0 Å². The third kappa shape index (κ3) is 4.55. The van der Waals surface area contributed by atoms with Gasteiger partial charge in [0.2, 0.25) is 0 Å². The Morgan fingerprint density at radius 2 is 2.04 bits per heavy atom. The van der Waals surface area contributed by atoms with Crippen LogP contribution in [0.4, 0.5) is 0 Å². The highest BCUT2D eigenvalue weighted by molar-refractivity contribution is 6.02. The van der Waals surface area contributed by atoms with E-state index in [1.807, 2.05) is 53.6 Å². The maximum atomic E-state index is 12.1. The number of nitrogens with zero attached hydrogens (tertiary/aromatic N) is 2. The van der Waals surface area contributed by atoms with Crippen LogP contribution in [-0.4, -0.2) is 36.3 Å². The Morgan fingerprint density at radius 3 is 2.67 bits per heavy atom. The Bertz CT molecular complexity index is 794. The lowest BCUT2D eigenvalue weighted by molar-refractivity contribution is -0.116. The van der Waals surface area contributed by atoms with E-state index in [9.17, 15) is 4.79 Å². The van der Waals surface area contributed by atoms with E-state index in [-0.39, 0.29) is 17.9 Å². The fourth-order valence-corrected chi connectivity index (χ4v) is 3.15. The van der Waals surface area contributed by atoms with Gasteiger partial charge in [0.15, 0.2) is 5.78 Å². The van der Waals surface area contributed by atoms with E-state index in [2.05, 4.69) is 13.8 Å². The van der Waals surface area contributed by atoms with Gasteiger partial charge >= 0.3 is 0 Å². The van der Waals surface area contributed by atoms with Crippen LogP contribution in [0.2, 0.25) is 0 Å².